The summed E-state index contributed by atoms with van der Waals surface area (Å²) in [6, 6.07) is 13.4. The maximum Gasteiger partial charge on any atom is 0.416 e. The number of halogens is 4. The summed E-state index contributed by atoms with van der Waals surface area (Å²) in [6.07, 6.45) is -2.15. The molecule has 5 rings (SSSR count). The van der Waals surface area contributed by atoms with Gasteiger partial charge in [-0.05, 0) is 85.2 Å². The minimum absolute atomic E-state index is 0.0463. The van der Waals surface area contributed by atoms with Crippen LogP contribution in [-0.2, 0) is 18.0 Å². The van der Waals surface area contributed by atoms with Crippen LogP contribution < -0.4 is 11.1 Å². The van der Waals surface area contributed by atoms with E-state index in [0.29, 0.717) is 30.0 Å². The van der Waals surface area contributed by atoms with Gasteiger partial charge in [-0.3, -0.25) is 9.59 Å². The number of hydrogen-bond acceptors (Lipinski definition) is 3. The maximum atomic E-state index is 14.3. The number of anilines is 1. The van der Waals surface area contributed by atoms with Crippen molar-refractivity contribution in [1.29, 1.82) is 0 Å². The topological polar surface area (TPSA) is 90.0 Å². The summed E-state index contributed by atoms with van der Waals surface area (Å²) in [5, 5.41) is 2.45. The molecular formula is C30H28F4N4O2. The third-order valence-electron chi connectivity index (χ3n) is 7.80. The predicted molar refractivity (Wildman–Crippen MR) is 144 cm³/mol. The fraction of sp³-hybridized carbons (Fsp3) is 0.300. The lowest BCUT2D eigenvalue weighted by molar-refractivity contribution is -0.137. The summed E-state index contributed by atoms with van der Waals surface area (Å²) in [5.74, 6) is -1.81. The molecule has 3 aromatic carbocycles. The van der Waals surface area contributed by atoms with Crippen LogP contribution in [0, 0.1) is 18.7 Å². The highest BCUT2D eigenvalue weighted by molar-refractivity contribution is 6.01. The molecular weight excluding hydrogens is 524 g/mol. The number of primary amides is 1. The number of benzene rings is 3. The highest BCUT2D eigenvalue weighted by atomic mass is 19.4. The second-order valence-corrected chi connectivity index (χ2v) is 10.3. The van der Waals surface area contributed by atoms with E-state index < -0.39 is 35.3 Å². The van der Waals surface area contributed by atoms with Crippen LogP contribution in [0.2, 0.25) is 0 Å². The lowest BCUT2D eigenvalue weighted by Crippen LogP contribution is -2.28. The number of carbonyl (C=O) groups excluding carboxylic acids is 2. The van der Waals surface area contributed by atoms with Crippen LogP contribution in [0.3, 0.4) is 0 Å². The first-order chi connectivity index (χ1) is 18.9. The molecule has 0 aliphatic heterocycles. The number of imidazole rings is 1. The van der Waals surface area contributed by atoms with Crippen LogP contribution in [0.5, 0.6) is 0 Å². The van der Waals surface area contributed by atoms with E-state index in [9.17, 15) is 27.2 Å². The summed E-state index contributed by atoms with van der Waals surface area (Å²) in [7, 11) is 1.94. The molecule has 1 heterocycles. The average molecular weight is 553 g/mol. The van der Waals surface area contributed by atoms with Gasteiger partial charge in [-0.25, -0.2) is 9.37 Å². The van der Waals surface area contributed by atoms with Crippen LogP contribution >= 0.6 is 0 Å². The van der Waals surface area contributed by atoms with E-state index in [2.05, 4.69) is 10.3 Å². The normalized spacial score (nSPS) is 17.6. The van der Waals surface area contributed by atoms with Gasteiger partial charge in [-0.1, -0.05) is 24.6 Å². The Hall–Kier alpha value is -4.21. The molecule has 2 amide bonds. The van der Waals surface area contributed by atoms with Gasteiger partial charge in [0, 0.05) is 18.5 Å². The number of aromatic nitrogens is 2. The summed E-state index contributed by atoms with van der Waals surface area (Å²) in [4.78, 5) is 30.0. The van der Waals surface area contributed by atoms with Crippen LogP contribution in [0.4, 0.5) is 23.2 Å². The minimum Gasteiger partial charge on any atom is -0.366 e. The smallest absolute Gasteiger partial charge is 0.366 e. The molecule has 0 spiro atoms. The number of carbonyl (C=O) groups is 2. The van der Waals surface area contributed by atoms with Crippen molar-refractivity contribution in [3.8, 4) is 11.1 Å². The Morgan fingerprint density at radius 3 is 2.52 bits per heavy atom. The monoisotopic (exact) mass is 552 g/mol. The van der Waals surface area contributed by atoms with Gasteiger partial charge in [0.25, 0.3) is 0 Å². The van der Waals surface area contributed by atoms with Crippen molar-refractivity contribution >= 4 is 28.5 Å². The number of nitrogens with two attached hydrogens (primary N) is 1. The molecule has 2 unspecified atom stereocenters. The number of aryl methyl sites for hydroxylation is 2. The lowest BCUT2D eigenvalue weighted by atomic mass is 9.77. The number of nitrogens with one attached hydrogen (secondary N) is 1. The van der Waals surface area contributed by atoms with Crippen molar-refractivity contribution in [3.63, 3.8) is 0 Å². The van der Waals surface area contributed by atoms with Gasteiger partial charge >= 0.3 is 6.18 Å². The Labute approximate surface area is 228 Å². The quantitative estimate of drug-likeness (QED) is 0.270. The molecule has 1 saturated carbocycles. The van der Waals surface area contributed by atoms with Crippen LogP contribution in [0.15, 0.2) is 54.6 Å². The minimum atomic E-state index is -4.68. The van der Waals surface area contributed by atoms with Gasteiger partial charge in [-0.15, -0.1) is 0 Å². The van der Waals surface area contributed by atoms with Crippen molar-refractivity contribution in [2.75, 3.05) is 5.32 Å². The first kappa shape index (κ1) is 27.4. The fourth-order valence-corrected chi connectivity index (χ4v) is 5.52. The number of rotatable bonds is 5. The predicted octanol–water partition coefficient (Wildman–Crippen LogP) is 6.72. The van der Waals surface area contributed by atoms with Gasteiger partial charge in [0.05, 0.1) is 22.3 Å². The average Bonchev–Trinajstić information content (AvgIpc) is 3.21. The largest absolute Gasteiger partial charge is 0.416 e. The van der Waals surface area contributed by atoms with Crippen LogP contribution in [0.1, 0.15) is 58.9 Å². The first-order valence-electron chi connectivity index (χ1n) is 13.0. The van der Waals surface area contributed by atoms with Gasteiger partial charge < -0.3 is 15.6 Å². The second-order valence-electron chi connectivity index (χ2n) is 10.3. The molecule has 208 valence electrons. The Morgan fingerprint density at radius 1 is 1.05 bits per heavy atom. The molecule has 0 saturated heterocycles. The zero-order chi connectivity index (χ0) is 28.8. The van der Waals surface area contributed by atoms with E-state index in [4.69, 9.17) is 5.73 Å². The van der Waals surface area contributed by atoms with Gasteiger partial charge in [0.1, 0.15) is 11.6 Å². The van der Waals surface area contributed by atoms with Crippen molar-refractivity contribution in [1.82, 2.24) is 9.55 Å². The van der Waals surface area contributed by atoms with Crippen molar-refractivity contribution in [3.05, 3.63) is 82.9 Å². The number of amides is 2. The molecule has 2 atom stereocenters. The van der Waals surface area contributed by atoms with Crippen molar-refractivity contribution in [2.24, 2.45) is 18.7 Å². The summed E-state index contributed by atoms with van der Waals surface area (Å²) in [6.45, 7) is 1.92. The molecule has 4 aromatic rings. The highest BCUT2D eigenvalue weighted by Crippen LogP contribution is 2.39. The standard InChI is InChI=1S/C30H28F4N4O2/c1-16-36-26-14-19(7-11-27(26)38(16)2)22-9-6-18(13-23(22)28(35)39)17-4-3-5-20(12-17)29(40)37-25-10-8-21(15-24(25)31)30(32,33)34/h6-11,13-15,17,20H,3-5,12H2,1-2H3,(H2,35,39)(H,37,40). The van der Waals surface area contributed by atoms with E-state index in [-0.39, 0.29) is 11.6 Å². The van der Waals surface area contributed by atoms with E-state index in [1.807, 2.05) is 48.9 Å². The number of fused-ring (bicyclic) bond motifs is 1. The Bertz CT molecular complexity index is 1630. The Kier molecular flexibility index (Phi) is 7.12. The molecule has 1 aliphatic rings. The molecule has 0 bridgehead atoms. The van der Waals surface area contributed by atoms with E-state index >= 15 is 0 Å². The number of nitrogens with zero attached hydrogens (tertiary/aromatic N) is 2. The molecule has 1 fully saturated rings. The van der Waals surface area contributed by atoms with Gasteiger partial charge in [-0.2, -0.15) is 13.2 Å². The van der Waals surface area contributed by atoms with Gasteiger partial charge in [0.2, 0.25) is 11.8 Å². The zero-order valence-corrected chi connectivity index (χ0v) is 22.0. The molecule has 40 heavy (non-hydrogen) atoms. The molecule has 6 nitrogen and oxygen atoms in total. The van der Waals surface area contributed by atoms with Gasteiger partial charge in [0.15, 0.2) is 0 Å². The highest BCUT2D eigenvalue weighted by Gasteiger charge is 2.32. The SMILES string of the molecule is Cc1nc2cc(-c3ccc(C4CCCC(C(=O)Nc5ccc(C(F)(F)F)cc5F)C4)cc3C(N)=O)ccc2n1C. The molecule has 0 radical (unpaired) electrons. The fourth-order valence-electron chi connectivity index (χ4n) is 5.52. The van der Waals surface area contributed by atoms with E-state index in [1.165, 1.54) is 0 Å². The lowest BCUT2D eigenvalue weighted by Gasteiger charge is -2.29. The summed E-state index contributed by atoms with van der Waals surface area (Å²) >= 11 is 0. The molecule has 10 heteroatoms. The third kappa shape index (κ3) is 5.30. The number of alkyl halides is 3. The van der Waals surface area contributed by atoms with Crippen molar-refractivity contribution < 1.29 is 27.2 Å². The third-order valence-corrected chi connectivity index (χ3v) is 7.80. The van der Waals surface area contributed by atoms with Crippen LogP contribution in [0.25, 0.3) is 22.2 Å². The Balaban J connectivity index is 1.36. The second kappa shape index (κ2) is 10.4. The number of hydrogen-bond donors (Lipinski definition) is 2. The van der Waals surface area contributed by atoms with E-state index in [1.54, 1.807) is 6.07 Å². The molecule has 1 aromatic heterocycles. The first-order valence-corrected chi connectivity index (χ1v) is 13.0. The summed E-state index contributed by atoms with van der Waals surface area (Å²) in [5.41, 5.74) is 8.87. The van der Waals surface area contributed by atoms with Crippen LogP contribution in [-0.4, -0.2) is 21.4 Å². The van der Waals surface area contributed by atoms with E-state index in [0.717, 1.165) is 53.0 Å². The summed E-state index contributed by atoms with van der Waals surface area (Å²) < 4.78 is 54.8. The zero-order valence-electron chi connectivity index (χ0n) is 22.0. The Morgan fingerprint density at radius 2 is 1.82 bits per heavy atom. The molecule has 3 N–H and O–H groups in total. The van der Waals surface area contributed by atoms with Crippen molar-refractivity contribution in [2.45, 2.75) is 44.7 Å². The molecule has 1 aliphatic carbocycles. The maximum absolute atomic E-state index is 14.3.